The van der Waals surface area contributed by atoms with Crippen LogP contribution in [-0.4, -0.2) is 30.1 Å². The molecule has 16 heavy (non-hydrogen) atoms. The van der Waals surface area contributed by atoms with Gasteiger partial charge in [-0.15, -0.1) is 0 Å². The van der Waals surface area contributed by atoms with Crippen LogP contribution in [0.5, 0.6) is 0 Å². The van der Waals surface area contributed by atoms with Gasteiger partial charge < -0.3 is 9.47 Å². The monoisotopic (exact) mass is 233 g/mol. The number of esters is 2. The van der Waals surface area contributed by atoms with Gasteiger partial charge in [0.2, 0.25) is 6.20 Å². The molecular weight excluding hydrogens is 218 g/mol. The smallest absolute Gasteiger partial charge is 0.317 e. The minimum atomic E-state index is -0.611. The third-order valence-electron chi connectivity index (χ3n) is 1.05. The molecule has 0 aliphatic heterocycles. The number of nitro groups is 1. The van der Waals surface area contributed by atoms with Crippen molar-refractivity contribution in [2.45, 2.75) is 20.3 Å². The van der Waals surface area contributed by atoms with Crippen molar-refractivity contribution in [3.8, 4) is 0 Å². The van der Waals surface area contributed by atoms with Crippen molar-refractivity contribution in [3.05, 3.63) is 22.9 Å². The van der Waals surface area contributed by atoms with Gasteiger partial charge in [0, 0.05) is 0 Å². The summed E-state index contributed by atoms with van der Waals surface area (Å²) >= 11 is 0. The van der Waals surface area contributed by atoms with Gasteiger partial charge in [-0.05, 0) is 20.4 Å². The summed E-state index contributed by atoms with van der Waals surface area (Å²) in [6.45, 7) is 6.81. The zero-order valence-electron chi connectivity index (χ0n) is 9.30. The van der Waals surface area contributed by atoms with Crippen LogP contribution in [0.1, 0.15) is 20.3 Å². The molecule has 0 fully saturated rings. The quantitative estimate of drug-likeness (QED) is 0.303. The first-order valence-electron chi connectivity index (χ1n) is 4.55. The van der Waals surface area contributed by atoms with Gasteiger partial charge >= 0.3 is 11.9 Å². The number of rotatable bonds is 5. The number of hydrogen-bond donors (Lipinski definition) is 0. The van der Waals surface area contributed by atoms with Crippen molar-refractivity contribution in [2.24, 2.45) is 0 Å². The van der Waals surface area contributed by atoms with Crippen LogP contribution in [0.25, 0.3) is 0 Å². The maximum absolute atomic E-state index is 10.6. The van der Waals surface area contributed by atoms with Crippen LogP contribution in [0, 0.1) is 10.1 Å². The molecule has 0 unspecified atom stereocenters. The molecule has 0 atom stereocenters. The lowest BCUT2D eigenvalue weighted by Crippen LogP contribution is -2.13. The molecule has 0 radical (unpaired) electrons. The topological polar surface area (TPSA) is 95.7 Å². The highest BCUT2D eigenvalue weighted by atomic mass is 16.6. The Morgan fingerprint density at radius 2 is 1.56 bits per heavy atom. The number of ether oxygens (including phenoxy) is 2. The fourth-order valence-electron chi connectivity index (χ4n) is 0.542. The van der Waals surface area contributed by atoms with Gasteiger partial charge in [-0.2, -0.15) is 0 Å². The second kappa shape index (κ2) is 11.2. The predicted molar refractivity (Wildman–Crippen MR) is 55.1 cm³/mol. The van der Waals surface area contributed by atoms with E-state index in [-0.39, 0.29) is 19.6 Å². The Hall–Kier alpha value is -1.92. The lowest BCUT2D eigenvalue weighted by molar-refractivity contribution is -0.401. The summed E-state index contributed by atoms with van der Waals surface area (Å²) in [4.78, 5) is 29.7. The largest absolute Gasteiger partial charge is 0.466 e. The Morgan fingerprint density at radius 3 is 1.75 bits per heavy atom. The standard InChI is InChI=1S/C7H12O4.C2H3NO2/c1-3-10-6(8)5-7(9)11-4-2;1-2-3(4)5/h3-5H2,1-2H3;2H,1H2. The third kappa shape index (κ3) is 14.6. The summed E-state index contributed by atoms with van der Waals surface area (Å²) in [5.41, 5.74) is 0. The van der Waals surface area contributed by atoms with Crippen molar-refractivity contribution in [1.82, 2.24) is 0 Å². The summed E-state index contributed by atoms with van der Waals surface area (Å²) in [6.07, 6.45) is 0.349. The molecule has 0 aliphatic rings. The molecule has 0 aliphatic carbocycles. The van der Waals surface area contributed by atoms with E-state index in [0.29, 0.717) is 6.20 Å². The third-order valence-corrected chi connectivity index (χ3v) is 1.05. The summed E-state index contributed by atoms with van der Waals surface area (Å²) in [5, 5.41) is 9.06. The minimum absolute atomic E-state index is 0.290. The van der Waals surface area contributed by atoms with Crippen LogP contribution < -0.4 is 0 Å². The Bertz CT molecular complexity index is 234. The molecule has 0 bridgehead atoms. The molecular formula is C9H15NO6. The van der Waals surface area contributed by atoms with Crippen LogP contribution in [0.2, 0.25) is 0 Å². The van der Waals surface area contributed by atoms with E-state index in [9.17, 15) is 9.59 Å². The van der Waals surface area contributed by atoms with Gasteiger partial charge in [0.05, 0.1) is 18.1 Å². The van der Waals surface area contributed by atoms with Gasteiger partial charge in [-0.3, -0.25) is 19.7 Å². The maximum atomic E-state index is 10.6. The first-order valence-corrected chi connectivity index (χ1v) is 4.55. The van der Waals surface area contributed by atoms with E-state index in [0.717, 1.165) is 0 Å². The fourth-order valence-corrected chi connectivity index (χ4v) is 0.542. The second-order valence-corrected chi connectivity index (χ2v) is 2.25. The maximum Gasteiger partial charge on any atom is 0.317 e. The summed E-state index contributed by atoms with van der Waals surface area (Å²) < 4.78 is 9.04. The molecule has 0 amide bonds. The highest BCUT2D eigenvalue weighted by Crippen LogP contribution is 1.89. The van der Waals surface area contributed by atoms with Crippen molar-refractivity contribution in [2.75, 3.05) is 13.2 Å². The van der Waals surface area contributed by atoms with E-state index in [2.05, 4.69) is 16.1 Å². The Kier molecular flexibility index (Phi) is 11.5. The normalized spacial score (nSPS) is 8.12. The van der Waals surface area contributed by atoms with Crippen LogP contribution >= 0.6 is 0 Å². The number of hydrogen-bond acceptors (Lipinski definition) is 6. The molecule has 0 N–H and O–H groups in total. The van der Waals surface area contributed by atoms with Crippen LogP contribution in [0.3, 0.4) is 0 Å². The predicted octanol–water partition coefficient (Wildman–Crippen LogP) is 0.909. The van der Waals surface area contributed by atoms with Crippen molar-refractivity contribution in [3.63, 3.8) is 0 Å². The fraction of sp³-hybridized carbons (Fsp3) is 0.556. The molecule has 0 heterocycles. The molecule has 0 aromatic heterocycles. The SMILES string of the molecule is C=C[N+](=O)[O-].CCOC(=O)CC(=O)OCC. The number of carbonyl (C=O) groups excluding carboxylic acids is 2. The molecule has 7 nitrogen and oxygen atoms in total. The summed E-state index contributed by atoms with van der Waals surface area (Å²) in [6, 6.07) is 0. The molecule has 0 spiro atoms. The Balaban J connectivity index is 0. The Morgan fingerprint density at radius 1 is 1.25 bits per heavy atom. The minimum Gasteiger partial charge on any atom is -0.466 e. The molecule has 92 valence electrons. The first-order chi connectivity index (χ1) is 7.47. The van der Waals surface area contributed by atoms with Gasteiger partial charge in [0.1, 0.15) is 6.42 Å². The molecule has 0 aromatic carbocycles. The zero-order valence-corrected chi connectivity index (χ0v) is 9.30. The lowest BCUT2D eigenvalue weighted by atomic mass is 10.4. The number of nitrogens with zero attached hydrogens (tertiary/aromatic N) is 1. The van der Waals surface area contributed by atoms with Crippen molar-refractivity contribution >= 4 is 11.9 Å². The molecule has 0 saturated heterocycles. The average molecular weight is 233 g/mol. The van der Waals surface area contributed by atoms with Crippen LogP contribution in [0.4, 0.5) is 0 Å². The van der Waals surface area contributed by atoms with E-state index in [1.807, 2.05) is 0 Å². The summed E-state index contributed by atoms with van der Waals surface area (Å²) in [5.74, 6) is -1.07. The highest BCUT2D eigenvalue weighted by Gasteiger charge is 2.09. The van der Waals surface area contributed by atoms with Gasteiger partial charge in [-0.1, -0.05) is 0 Å². The Labute approximate surface area is 93.2 Å². The van der Waals surface area contributed by atoms with E-state index >= 15 is 0 Å². The van der Waals surface area contributed by atoms with Crippen LogP contribution in [-0.2, 0) is 19.1 Å². The van der Waals surface area contributed by atoms with Gasteiger partial charge in [0.15, 0.2) is 0 Å². The van der Waals surface area contributed by atoms with E-state index < -0.39 is 16.9 Å². The summed E-state index contributed by atoms with van der Waals surface area (Å²) in [7, 11) is 0. The average Bonchev–Trinajstić information content (AvgIpc) is 2.19. The zero-order chi connectivity index (χ0) is 13.0. The molecule has 0 aromatic rings. The van der Waals surface area contributed by atoms with Gasteiger partial charge in [0.25, 0.3) is 0 Å². The van der Waals surface area contributed by atoms with Crippen molar-refractivity contribution < 1.29 is 24.0 Å². The van der Waals surface area contributed by atoms with Crippen LogP contribution in [0.15, 0.2) is 12.8 Å². The lowest BCUT2D eigenvalue weighted by Gasteiger charge is -2.00. The molecule has 0 rings (SSSR count). The molecule has 7 heteroatoms. The number of carbonyl (C=O) groups is 2. The second-order valence-electron chi connectivity index (χ2n) is 2.25. The van der Waals surface area contributed by atoms with E-state index in [1.54, 1.807) is 13.8 Å². The van der Waals surface area contributed by atoms with E-state index in [1.165, 1.54) is 0 Å². The molecule has 0 saturated carbocycles. The highest BCUT2D eigenvalue weighted by molar-refractivity contribution is 5.91. The first kappa shape index (κ1) is 16.5. The van der Waals surface area contributed by atoms with Crippen molar-refractivity contribution in [1.29, 1.82) is 0 Å². The van der Waals surface area contributed by atoms with Gasteiger partial charge in [-0.25, -0.2) is 0 Å². The van der Waals surface area contributed by atoms with E-state index in [4.69, 9.17) is 10.1 Å².